The maximum atomic E-state index is 13.3. The van der Waals surface area contributed by atoms with Gasteiger partial charge in [0.05, 0.1) is 43.1 Å². The molecule has 220 valence electrons. The zero-order valence-electron chi connectivity index (χ0n) is 24.6. The van der Waals surface area contributed by atoms with Crippen LogP contribution in [0.2, 0.25) is 0 Å². The first-order valence-corrected chi connectivity index (χ1v) is 14.4. The van der Waals surface area contributed by atoms with E-state index < -0.39 is 0 Å². The van der Waals surface area contributed by atoms with Crippen molar-refractivity contribution in [1.82, 2.24) is 25.2 Å². The summed E-state index contributed by atoms with van der Waals surface area (Å²) in [4.78, 5) is 20.4. The normalized spacial score (nSPS) is 16.1. The van der Waals surface area contributed by atoms with Crippen LogP contribution in [0, 0.1) is 5.92 Å². The number of amides is 2. The quantitative estimate of drug-likeness (QED) is 0.253. The van der Waals surface area contributed by atoms with E-state index in [1.54, 1.807) is 11.2 Å². The summed E-state index contributed by atoms with van der Waals surface area (Å²) >= 11 is 0. The number of aromatic nitrogens is 1. The van der Waals surface area contributed by atoms with E-state index in [1.807, 2.05) is 55.7 Å². The summed E-state index contributed by atoms with van der Waals surface area (Å²) in [5.74, 6) is 7.33. The molecule has 0 spiro atoms. The molecule has 0 aliphatic carbocycles. The van der Waals surface area contributed by atoms with Gasteiger partial charge in [-0.1, -0.05) is 50.2 Å². The SMILES string of the molecule is CC(C)C/C=C(/NC(=O)Nc1ccc(-c2ccc(CN3CCOCC3)nc2)c2ccccc12)N(N)C1=CCN(C)N=C1. The number of nitrogens with two attached hydrogens (primary N) is 1. The molecule has 3 heterocycles. The fourth-order valence-electron chi connectivity index (χ4n) is 4.94. The van der Waals surface area contributed by atoms with E-state index in [4.69, 9.17) is 15.6 Å². The molecule has 42 heavy (non-hydrogen) atoms. The third-order valence-corrected chi connectivity index (χ3v) is 7.31. The number of pyridine rings is 1. The molecular formula is C32H40N8O2. The minimum Gasteiger partial charge on any atom is -0.379 e. The Bertz CT molecular complexity index is 1480. The molecule has 1 aromatic heterocycles. The average Bonchev–Trinajstić information content (AvgIpc) is 3.00. The van der Waals surface area contributed by atoms with Crippen molar-refractivity contribution < 1.29 is 9.53 Å². The molecule has 0 bridgehead atoms. The lowest BCUT2D eigenvalue weighted by Crippen LogP contribution is -2.42. The molecule has 0 unspecified atom stereocenters. The number of carbonyl (C=O) groups excluding carboxylic acids is 1. The Morgan fingerprint density at radius 1 is 1.12 bits per heavy atom. The van der Waals surface area contributed by atoms with Crippen molar-refractivity contribution in [3.63, 3.8) is 0 Å². The molecule has 5 rings (SSSR count). The number of nitrogens with zero attached hydrogens (tertiary/aromatic N) is 5. The monoisotopic (exact) mass is 568 g/mol. The van der Waals surface area contributed by atoms with Crippen LogP contribution in [0.3, 0.4) is 0 Å². The predicted octanol–water partition coefficient (Wildman–Crippen LogP) is 4.73. The summed E-state index contributed by atoms with van der Waals surface area (Å²) < 4.78 is 5.45. The number of hydrazone groups is 1. The van der Waals surface area contributed by atoms with E-state index in [0.29, 0.717) is 29.7 Å². The summed E-state index contributed by atoms with van der Waals surface area (Å²) in [5, 5.41) is 15.5. The molecule has 0 atom stereocenters. The van der Waals surface area contributed by atoms with Crippen molar-refractivity contribution >= 4 is 28.7 Å². The molecule has 2 aliphatic heterocycles. The van der Waals surface area contributed by atoms with Crippen LogP contribution in [-0.2, 0) is 11.3 Å². The van der Waals surface area contributed by atoms with Crippen LogP contribution in [0.25, 0.3) is 21.9 Å². The summed E-state index contributed by atoms with van der Waals surface area (Å²) in [6.45, 7) is 9.08. The van der Waals surface area contributed by atoms with E-state index in [2.05, 4.69) is 52.7 Å². The molecule has 10 nitrogen and oxygen atoms in total. The lowest BCUT2D eigenvalue weighted by atomic mass is 9.98. The van der Waals surface area contributed by atoms with Crippen LogP contribution >= 0.6 is 0 Å². The van der Waals surface area contributed by atoms with Crippen LogP contribution in [0.1, 0.15) is 26.0 Å². The van der Waals surface area contributed by atoms with Gasteiger partial charge in [-0.15, -0.1) is 0 Å². The van der Waals surface area contributed by atoms with Crippen molar-refractivity contribution in [1.29, 1.82) is 0 Å². The van der Waals surface area contributed by atoms with Crippen molar-refractivity contribution in [3.05, 3.63) is 84.1 Å². The van der Waals surface area contributed by atoms with E-state index in [-0.39, 0.29) is 6.03 Å². The molecule has 0 saturated carbocycles. The van der Waals surface area contributed by atoms with Gasteiger partial charge in [-0.2, -0.15) is 5.10 Å². The van der Waals surface area contributed by atoms with Crippen molar-refractivity contribution in [2.75, 3.05) is 45.2 Å². The highest BCUT2D eigenvalue weighted by atomic mass is 16.5. The van der Waals surface area contributed by atoms with Gasteiger partial charge in [0.15, 0.2) is 0 Å². The second-order valence-corrected chi connectivity index (χ2v) is 11.0. The standard InChI is InChI=1S/C32H40N8O2/c1-23(2)8-13-31(40(33)26-14-15-38(3)35-21-26)37-32(41)36-30-12-11-27(28-6-4-5-7-29(28)30)24-9-10-25(34-20-24)22-39-16-18-42-19-17-39/h4-7,9-14,20-21,23H,8,15-19,22,33H2,1-3H3,(H2,36,37,41)/b31-13-. The number of hydrogen-bond acceptors (Lipinski definition) is 8. The number of urea groups is 1. The number of hydrazine groups is 1. The van der Waals surface area contributed by atoms with E-state index >= 15 is 0 Å². The summed E-state index contributed by atoms with van der Waals surface area (Å²) in [6.07, 6.45) is 8.27. The molecule has 1 saturated heterocycles. The second-order valence-electron chi connectivity index (χ2n) is 11.0. The van der Waals surface area contributed by atoms with Crippen LogP contribution in [-0.4, -0.2) is 72.0 Å². The number of likely N-dealkylation sites (N-methyl/N-ethyl adjacent to an activating group) is 1. The van der Waals surface area contributed by atoms with E-state index in [1.165, 1.54) is 5.01 Å². The minimum atomic E-state index is -0.377. The Morgan fingerprint density at radius 3 is 2.60 bits per heavy atom. The predicted molar refractivity (Wildman–Crippen MR) is 168 cm³/mol. The van der Waals surface area contributed by atoms with Gasteiger partial charge >= 0.3 is 6.03 Å². The highest BCUT2D eigenvalue weighted by Crippen LogP contribution is 2.33. The van der Waals surface area contributed by atoms with Crippen LogP contribution < -0.4 is 16.5 Å². The Balaban J connectivity index is 1.33. The number of allylic oxidation sites excluding steroid dienone is 2. The summed E-state index contributed by atoms with van der Waals surface area (Å²) in [6, 6.07) is 15.9. The molecule has 2 aliphatic rings. The van der Waals surface area contributed by atoms with Crippen LogP contribution in [0.5, 0.6) is 0 Å². The van der Waals surface area contributed by atoms with Gasteiger partial charge in [0.1, 0.15) is 5.82 Å². The van der Waals surface area contributed by atoms with Crippen molar-refractivity contribution in [2.24, 2.45) is 16.9 Å². The number of anilines is 1. The smallest absolute Gasteiger partial charge is 0.324 e. The van der Waals surface area contributed by atoms with Crippen molar-refractivity contribution in [2.45, 2.75) is 26.8 Å². The van der Waals surface area contributed by atoms with Crippen molar-refractivity contribution in [3.8, 4) is 11.1 Å². The fourth-order valence-corrected chi connectivity index (χ4v) is 4.94. The third kappa shape index (κ3) is 7.33. The second kappa shape index (κ2) is 13.6. The number of morpholine rings is 1. The number of carbonyl (C=O) groups is 1. The topological polar surface area (TPSA) is 111 Å². The van der Waals surface area contributed by atoms with Gasteiger partial charge in [0.2, 0.25) is 0 Å². The van der Waals surface area contributed by atoms with Gasteiger partial charge in [-0.25, -0.2) is 10.6 Å². The average molecular weight is 569 g/mol. The Hall–Kier alpha value is -4.25. The Morgan fingerprint density at radius 2 is 1.90 bits per heavy atom. The fraction of sp³-hybridized carbons (Fsp3) is 0.344. The Labute approximate surface area is 247 Å². The molecule has 2 aromatic carbocycles. The number of rotatable bonds is 9. The maximum absolute atomic E-state index is 13.3. The first kappa shape index (κ1) is 29.2. The molecule has 2 amide bonds. The molecule has 10 heteroatoms. The third-order valence-electron chi connectivity index (χ3n) is 7.31. The number of ether oxygens (including phenoxy) is 1. The van der Waals surface area contributed by atoms with Crippen LogP contribution in [0.4, 0.5) is 10.5 Å². The Kier molecular flexibility index (Phi) is 9.48. The summed E-state index contributed by atoms with van der Waals surface area (Å²) in [7, 11) is 1.89. The van der Waals surface area contributed by atoms with Gasteiger partial charge in [0.25, 0.3) is 0 Å². The van der Waals surface area contributed by atoms with Gasteiger partial charge in [-0.05, 0) is 47.6 Å². The maximum Gasteiger partial charge on any atom is 0.324 e. The highest BCUT2D eigenvalue weighted by molar-refractivity contribution is 6.07. The first-order valence-electron chi connectivity index (χ1n) is 14.4. The number of hydrogen-bond donors (Lipinski definition) is 3. The van der Waals surface area contributed by atoms with Crippen LogP contribution in [0.15, 0.2) is 83.5 Å². The van der Waals surface area contributed by atoms with Gasteiger partial charge in [0, 0.05) is 43.8 Å². The van der Waals surface area contributed by atoms with E-state index in [0.717, 1.165) is 66.9 Å². The van der Waals surface area contributed by atoms with Gasteiger partial charge < -0.3 is 10.1 Å². The zero-order chi connectivity index (χ0) is 29.5. The number of nitrogens with one attached hydrogen (secondary N) is 2. The molecule has 3 aromatic rings. The first-order chi connectivity index (χ1) is 20.4. The highest BCUT2D eigenvalue weighted by Gasteiger charge is 2.17. The molecule has 1 fully saturated rings. The summed E-state index contributed by atoms with van der Waals surface area (Å²) in [5.41, 5.74) is 4.54. The molecule has 4 N–H and O–H groups in total. The largest absolute Gasteiger partial charge is 0.379 e. The number of benzene rings is 2. The minimum absolute atomic E-state index is 0.377. The lowest BCUT2D eigenvalue weighted by Gasteiger charge is -2.26. The molecule has 0 radical (unpaired) electrons. The van der Waals surface area contributed by atoms with Gasteiger partial charge in [-0.3, -0.25) is 25.2 Å². The molecular weight excluding hydrogens is 528 g/mol. The lowest BCUT2D eigenvalue weighted by molar-refractivity contribution is 0.0336. The van der Waals surface area contributed by atoms with E-state index in [9.17, 15) is 4.79 Å². The zero-order valence-corrected chi connectivity index (χ0v) is 24.6. The number of fused-ring (bicyclic) bond motifs is 1.